The molecule has 3 rings (SSSR count). The maximum atomic E-state index is 13.8. The highest BCUT2D eigenvalue weighted by Gasteiger charge is 2.50. The Balaban J connectivity index is 1.69. The first-order valence-electron chi connectivity index (χ1n) is 7.55. The van der Waals surface area contributed by atoms with E-state index in [1.165, 1.54) is 12.1 Å². The minimum atomic E-state index is -0.482. The lowest BCUT2D eigenvalue weighted by Crippen LogP contribution is -2.63. The minimum absolute atomic E-state index is 0.0158. The number of halogens is 1. The van der Waals surface area contributed by atoms with Crippen molar-refractivity contribution in [2.75, 3.05) is 33.2 Å². The zero-order chi connectivity index (χ0) is 15.7. The monoisotopic (exact) mass is 305 g/mol. The Morgan fingerprint density at radius 1 is 1.27 bits per heavy atom. The van der Waals surface area contributed by atoms with E-state index >= 15 is 0 Å². The van der Waals surface area contributed by atoms with Gasteiger partial charge >= 0.3 is 0 Å². The van der Waals surface area contributed by atoms with Crippen LogP contribution in [-0.4, -0.2) is 60.4 Å². The van der Waals surface area contributed by atoms with E-state index in [9.17, 15) is 14.0 Å². The molecule has 0 aliphatic carbocycles. The number of carbonyl (C=O) groups excluding carboxylic acids is 2. The summed E-state index contributed by atoms with van der Waals surface area (Å²) in [4.78, 5) is 27.9. The number of amides is 2. The number of nitrogens with one attached hydrogen (secondary N) is 1. The van der Waals surface area contributed by atoms with E-state index in [1.807, 2.05) is 0 Å². The van der Waals surface area contributed by atoms with Crippen molar-refractivity contribution in [2.45, 2.75) is 18.4 Å². The van der Waals surface area contributed by atoms with Crippen LogP contribution >= 0.6 is 0 Å². The van der Waals surface area contributed by atoms with E-state index in [2.05, 4.69) is 10.2 Å². The highest BCUT2D eigenvalue weighted by molar-refractivity contribution is 5.94. The van der Waals surface area contributed by atoms with Gasteiger partial charge in [-0.05, 0) is 25.0 Å². The van der Waals surface area contributed by atoms with Crippen molar-refractivity contribution in [3.05, 3.63) is 35.6 Å². The first-order chi connectivity index (χ1) is 10.6. The SMILES string of the molecule is CNC(=O)CN1CCC12CCN(C(=O)c1ccccc1F)C2. The molecule has 6 heteroatoms. The second-order valence-electron chi connectivity index (χ2n) is 6.03. The van der Waals surface area contributed by atoms with E-state index in [1.54, 1.807) is 24.1 Å². The first kappa shape index (κ1) is 15.0. The highest BCUT2D eigenvalue weighted by Crippen LogP contribution is 2.39. The van der Waals surface area contributed by atoms with Crippen LogP contribution in [0, 0.1) is 5.82 Å². The van der Waals surface area contributed by atoms with Gasteiger partial charge < -0.3 is 10.2 Å². The van der Waals surface area contributed by atoms with Crippen molar-refractivity contribution in [3.8, 4) is 0 Å². The molecule has 1 aromatic carbocycles. The van der Waals surface area contributed by atoms with E-state index in [4.69, 9.17) is 0 Å². The third kappa shape index (κ3) is 2.47. The fourth-order valence-corrected chi connectivity index (χ4v) is 3.38. The van der Waals surface area contributed by atoms with Crippen LogP contribution in [0.15, 0.2) is 24.3 Å². The molecule has 2 aliphatic rings. The lowest BCUT2D eigenvalue weighted by Gasteiger charge is -2.50. The fraction of sp³-hybridized carbons (Fsp3) is 0.500. The van der Waals surface area contributed by atoms with Crippen LogP contribution in [0.2, 0.25) is 0 Å². The Bertz CT molecular complexity index is 607. The Morgan fingerprint density at radius 3 is 2.64 bits per heavy atom. The summed E-state index contributed by atoms with van der Waals surface area (Å²) in [6, 6.07) is 6.07. The Morgan fingerprint density at radius 2 is 2.00 bits per heavy atom. The summed E-state index contributed by atoms with van der Waals surface area (Å²) in [5.74, 6) is -0.760. The van der Waals surface area contributed by atoms with E-state index in [-0.39, 0.29) is 22.9 Å². The van der Waals surface area contributed by atoms with Gasteiger partial charge in [-0.3, -0.25) is 14.5 Å². The van der Waals surface area contributed by atoms with Crippen LogP contribution in [0.25, 0.3) is 0 Å². The molecule has 2 heterocycles. The lowest BCUT2D eigenvalue weighted by atomic mass is 9.83. The van der Waals surface area contributed by atoms with E-state index < -0.39 is 5.82 Å². The van der Waals surface area contributed by atoms with E-state index in [0.717, 1.165) is 19.4 Å². The maximum Gasteiger partial charge on any atom is 0.256 e. The second kappa shape index (κ2) is 5.68. The number of hydrogen-bond donors (Lipinski definition) is 1. The number of hydrogen-bond acceptors (Lipinski definition) is 3. The molecule has 2 amide bonds. The smallest absolute Gasteiger partial charge is 0.256 e. The molecule has 1 atom stereocenters. The number of nitrogens with zero attached hydrogens (tertiary/aromatic N) is 2. The van der Waals surface area contributed by atoms with Crippen molar-refractivity contribution < 1.29 is 14.0 Å². The van der Waals surface area contributed by atoms with Crippen molar-refractivity contribution in [1.82, 2.24) is 15.1 Å². The Kier molecular flexibility index (Phi) is 3.87. The molecule has 0 aromatic heterocycles. The van der Waals surface area contributed by atoms with Gasteiger partial charge in [0.25, 0.3) is 5.91 Å². The maximum absolute atomic E-state index is 13.8. The zero-order valence-electron chi connectivity index (χ0n) is 12.6. The summed E-state index contributed by atoms with van der Waals surface area (Å²) in [7, 11) is 1.62. The molecule has 0 saturated carbocycles. The molecule has 118 valence electrons. The van der Waals surface area contributed by atoms with Gasteiger partial charge in [-0.2, -0.15) is 0 Å². The van der Waals surface area contributed by atoms with Gasteiger partial charge in [0, 0.05) is 32.2 Å². The van der Waals surface area contributed by atoms with Gasteiger partial charge in [0.05, 0.1) is 12.1 Å². The summed E-state index contributed by atoms with van der Waals surface area (Å²) in [5.41, 5.74) is 0.0182. The predicted molar refractivity (Wildman–Crippen MR) is 79.9 cm³/mol. The molecule has 1 unspecified atom stereocenters. The molecule has 2 aliphatic heterocycles. The predicted octanol–water partition coefficient (Wildman–Crippen LogP) is 0.862. The molecule has 1 spiro atoms. The average molecular weight is 305 g/mol. The summed E-state index contributed by atoms with van der Waals surface area (Å²) in [6.07, 6.45) is 1.81. The van der Waals surface area contributed by atoms with Gasteiger partial charge in [-0.1, -0.05) is 12.1 Å². The minimum Gasteiger partial charge on any atom is -0.358 e. The van der Waals surface area contributed by atoms with Crippen LogP contribution in [0.5, 0.6) is 0 Å². The summed E-state index contributed by atoms with van der Waals surface area (Å²) < 4.78 is 13.8. The molecule has 2 fully saturated rings. The third-order valence-corrected chi connectivity index (χ3v) is 4.85. The third-order valence-electron chi connectivity index (χ3n) is 4.85. The largest absolute Gasteiger partial charge is 0.358 e. The molecule has 5 nitrogen and oxygen atoms in total. The quantitative estimate of drug-likeness (QED) is 0.901. The fourth-order valence-electron chi connectivity index (χ4n) is 3.38. The van der Waals surface area contributed by atoms with Gasteiger partial charge in [-0.25, -0.2) is 4.39 Å². The van der Waals surface area contributed by atoms with E-state index in [0.29, 0.717) is 19.6 Å². The average Bonchev–Trinajstić information content (AvgIpc) is 2.99. The topological polar surface area (TPSA) is 52.7 Å². The van der Waals surface area contributed by atoms with Gasteiger partial charge in [0.1, 0.15) is 5.82 Å². The van der Waals surface area contributed by atoms with Crippen molar-refractivity contribution >= 4 is 11.8 Å². The molecule has 1 N–H and O–H groups in total. The van der Waals surface area contributed by atoms with Crippen molar-refractivity contribution in [2.24, 2.45) is 0 Å². The number of likely N-dealkylation sites (N-methyl/N-ethyl adjacent to an activating group) is 1. The van der Waals surface area contributed by atoms with Crippen LogP contribution < -0.4 is 5.32 Å². The summed E-state index contributed by atoms with van der Waals surface area (Å²) in [5, 5.41) is 2.63. The number of rotatable bonds is 3. The lowest BCUT2D eigenvalue weighted by molar-refractivity contribution is -0.126. The molecule has 2 saturated heterocycles. The number of likely N-dealkylation sites (tertiary alicyclic amines) is 2. The summed E-state index contributed by atoms with van der Waals surface area (Å²) >= 11 is 0. The molecule has 0 radical (unpaired) electrons. The number of carbonyl (C=O) groups is 2. The van der Waals surface area contributed by atoms with Gasteiger partial charge in [0.15, 0.2) is 0 Å². The normalized spacial score (nSPS) is 24.4. The van der Waals surface area contributed by atoms with Crippen molar-refractivity contribution in [1.29, 1.82) is 0 Å². The van der Waals surface area contributed by atoms with Gasteiger partial charge in [0.2, 0.25) is 5.91 Å². The number of benzene rings is 1. The molecular weight excluding hydrogens is 285 g/mol. The summed E-state index contributed by atoms with van der Waals surface area (Å²) in [6.45, 7) is 2.40. The van der Waals surface area contributed by atoms with Crippen LogP contribution in [0.3, 0.4) is 0 Å². The Hall–Kier alpha value is -1.95. The standard InChI is InChI=1S/C16H20FN3O2/c1-18-14(21)10-20-9-7-16(20)6-8-19(11-16)15(22)12-4-2-3-5-13(12)17/h2-5H,6-11H2,1H3,(H,18,21). The first-order valence-corrected chi connectivity index (χ1v) is 7.55. The van der Waals surface area contributed by atoms with Gasteiger partial charge in [-0.15, -0.1) is 0 Å². The highest BCUT2D eigenvalue weighted by atomic mass is 19.1. The Labute approximate surface area is 129 Å². The van der Waals surface area contributed by atoms with Crippen LogP contribution in [0.1, 0.15) is 23.2 Å². The molecule has 22 heavy (non-hydrogen) atoms. The zero-order valence-corrected chi connectivity index (χ0v) is 12.6. The van der Waals surface area contributed by atoms with Crippen LogP contribution in [-0.2, 0) is 4.79 Å². The van der Waals surface area contributed by atoms with Crippen molar-refractivity contribution in [3.63, 3.8) is 0 Å². The van der Waals surface area contributed by atoms with Crippen LogP contribution in [0.4, 0.5) is 4.39 Å². The molecular formula is C16H20FN3O2. The second-order valence-corrected chi connectivity index (χ2v) is 6.03. The molecule has 0 bridgehead atoms. The molecule has 1 aromatic rings.